The van der Waals surface area contributed by atoms with E-state index in [1.807, 2.05) is 0 Å². The lowest BCUT2D eigenvalue weighted by Gasteiger charge is -2.31. The molecule has 0 aliphatic carbocycles. The van der Waals surface area contributed by atoms with Crippen LogP contribution in [0.5, 0.6) is 0 Å². The van der Waals surface area contributed by atoms with Crippen LogP contribution in [0.15, 0.2) is 18.2 Å². The van der Waals surface area contributed by atoms with Gasteiger partial charge in [0, 0.05) is 12.2 Å². The molecule has 0 saturated carbocycles. The monoisotopic (exact) mass is 264 g/mol. The predicted octanol–water partition coefficient (Wildman–Crippen LogP) is 2.71. The largest absolute Gasteiger partial charge is 0.325 e. The van der Waals surface area contributed by atoms with Crippen molar-refractivity contribution in [2.75, 3.05) is 18.4 Å². The van der Waals surface area contributed by atoms with Crippen molar-refractivity contribution >= 4 is 11.6 Å². The molecule has 1 aromatic carbocycles. The molecule has 1 aromatic rings. The van der Waals surface area contributed by atoms with Gasteiger partial charge >= 0.3 is 0 Å². The Morgan fingerprint density at radius 2 is 2.21 bits per heavy atom. The van der Waals surface area contributed by atoms with E-state index in [1.165, 1.54) is 6.07 Å². The van der Waals surface area contributed by atoms with Crippen LogP contribution in [0.1, 0.15) is 25.8 Å². The molecule has 19 heavy (non-hydrogen) atoms. The molecule has 1 amide bonds. The zero-order valence-electron chi connectivity index (χ0n) is 11.7. The fraction of sp³-hybridized carbons (Fsp3) is 0.533. The van der Waals surface area contributed by atoms with Gasteiger partial charge < -0.3 is 10.6 Å². The van der Waals surface area contributed by atoms with Crippen molar-refractivity contribution in [3.63, 3.8) is 0 Å². The molecule has 1 atom stereocenters. The number of carbonyl (C=O) groups excluding carboxylic acids is 1. The lowest BCUT2D eigenvalue weighted by atomic mass is 9.75. The Bertz CT molecular complexity index is 479. The van der Waals surface area contributed by atoms with Crippen LogP contribution < -0.4 is 10.6 Å². The molecule has 1 saturated heterocycles. The maximum absolute atomic E-state index is 13.5. The normalized spacial score (nSPS) is 22.8. The first-order chi connectivity index (χ1) is 8.95. The molecule has 1 heterocycles. The molecule has 0 aromatic heterocycles. The number of carbonyl (C=O) groups is 1. The van der Waals surface area contributed by atoms with E-state index in [9.17, 15) is 9.18 Å². The number of halogens is 1. The third-order valence-corrected chi connectivity index (χ3v) is 4.18. The Balaban J connectivity index is 2.17. The van der Waals surface area contributed by atoms with Gasteiger partial charge in [0.05, 0.1) is 5.41 Å². The fourth-order valence-electron chi connectivity index (χ4n) is 2.59. The summed E-state index contributed by atoms with van der Waals surface area (Å²) < 4.78 is 13.5. The SMILES string of the molecule is Cc1ccc(NC(=O)C2(C(C)C)CCNC2)cc1F. The van der Waals surface area contributed by atoms with E-state index in [0.29, 0.717) is 17.8 Å². The van der Waals surface area contributed by atoms with Gasteiger partial charge in [-0.3, -0.25) is 4.79 Å². The third kappa shape index (κ3) is 2.63. The Labute approximate surface area is 113 Å². The Morgan fingerprint density at radius 3 is 2.74 bits per heavy atom. The highest BCUT2D eigenvalue weighted by Crippen LogP contribution is 2.35. The average molecular weight is 264 g/mol. The van der Waals surface area contributed by atoms with Gasteiger partial charge in [-0.25, -0.2) is 4.39 Å². The molecule has 0 bridgehead atoms. The summed E-state index contributed by atoms with van der Waals surface area (Å²) in [5, 5.41) is 6.10. The standard InChI is InChI=1S/C15H21FN2O/c1-10(2)15(6-7-17-9-15)14(19)18-12-5-4-11(3)13(16)8-12/h4-5,8,10,17H,6-7,9H2,1-3H3,(H,18,19). The van der Waals surface area contributed by atoms with E-state index >= 15 is 0 Å². The summed E-state index contributed by atoms with van der Waals surface area (Å²) in [4.78, 5) is 12.5. The minimum absolute atomic E-state index is 0.0178. The number of amides is 1. The van der Waals surface area contributed by atoms with Crippen molar-refractivity contribution in [1.29, 1.82) is 0 Å². The molecule has 2 N–H and O–H groups in total. The van der Waals surface area contributed by atoms with E-state index in [-0.39, 0.29) is 23.1 Å². The van der Waals surface area contributed by atoms with Crippen LogP contribution in [0.2, 0.25) is 0 Å². The van der Waals surface area contributed by atoms with Crippen LogP contribution in [-0.2, 0) is 4.79 Å². The van der Waals surface area contributed by atoms with E-state index in [4.69, 9.17) is 0 Å². The van der Waals surface area contributed by atoms with Crippen molar-refractivity contribution < 1.29 is 9.18 Å². The van der Waals surface area contributed by atoms with Gasteiger partial charge in [-0.2, -0.15) is 0 Å². The number of rotatable bonds is 3. The Morgan fingerprint density at radius 1 is 1.47 bits per heavy atom. The van der Waals surface area contributed by atoms with E-state index in [2.05, 4.69) is 24.5 Å². The summed E-state index contributed by atoms with van der Waals surface area (Å²) in [6.45, 7) is 7.36. The summed E-state index contributed by atoms with van der Waals surface area (Å²) >= 11 is 0. The number of hydrogen-bond acceptors (Lipinski definition) is 2. The molecule has 0 spiro atoms. The molecular formula is C15H21FN2O. The first-order valence-electron chi connectivity index (χ1n) is 6.74. The topological polar surface area (TPSA) is 41.1 Å². The van der Waals surface area contributed by atoms with Crippen molar-refractivity contribution in [2.45, 2.75) is 27.2 Å². The van der Waals surface area contributed by atoms with Crippen LogP contribution in [0.25, 0.3) is 0 Å². The minimum Gasteiger partial charge on any atom is -0.325 e. The zero-order valence-corrected chi connectivity index (χ0v) is 11.7. The summed E-state index contributed by atoms with van der Waals surface area (Å²) in [5.41, 5.74) is 0.723. The number of nitrogens with one attached hydrogen (secondary N) is 2. The lowest BCUT2D eigenvalue weighted by molar-refractivity contribution is -0.126. The molecule has 0 radical (unpaired) electrons. The Kier molecular flexibility index (Phi) is 3.90. The second kappa shape index (κ2) is 5.29. The van der Waals surface area contributed by atoms with Crippen molar-refractivity contribution in [2.24, 2.45) is 11.3 Å². The highest BCUT2D eigenvalue weighted by atomic mass is 19.1. The van der Waals surface area contributed by atoms with Crippen molar-refractivity contribution in [3.8, 4) is 0 Å². The third-order valence-electron chi connectivity index (χ3n) is 4.18. The number of aryl methyl sites for hydroxylation is 1. The summed E-state index contributed by atoms with van der Waals surface area (Å²) in [7, 11) is 0. The van der Waals surface area contributed by atoms with Crippen LogP contribution in [0.4, 0.5) is 10.1 Å². The molecule has 1 aliphatic rings. The van der Waals surface area contributed by atoms with E-state index in [1.54, 1.807) is 19.1 Å². The van der Waals surface area contributed by atoms with Crippen LogP contribution in [0.3, 0.4) is 0 Å². The number of anilines is 1. The molecule has 4 heteroatoms. The first-order valence-corrected chi connectivity index (χ1v) is 6.74. The van der Waals surface area contributed by atoms with Gasteiger partial charge in [0.15, 0.2) is 0 Å². The molecule has 1 unspecified atom stereocenters. The number of hydrogen-bond donors (Lipinski definition) is 2. The molecule has 1 aliphatic heterocycles. The van der Waals surface area contributed by atoms with Crippen LogP contribution in [0, 0.1) is 24.1 Å². The highest BCUT2D eigenvalue weighted by Gasteiger charge is 2.43. The second-order valence-corrected chi connectivity index (χ2v) is 5.66. The Hall–Kier alpha value is -1.42. The number of benzene rings is 1. The van der Waals surface area contributed by atoms with Crippen LogP contribution in [-0.4, -0.2) is 19.0 Å². The van der Waals surface area contributed by atoms with Gasteiger partial charge in [0.1, 0.15) is 5.82 Å². The van der Waals surface area contributed by atoms with Gasteiger partial charge in [0.2, 0.25) is 5.91 Å². The molecule has 104 valence electrons. The van der Waals surface area contributed by atoms with Gasteiger partial charge in [-0.1, -0.05) is 19.9 Å². The zero-order chi connectivity index (χ0) is 14.0. The first kappa shape index (κ1) is 14.0. The smallest absolute Gasteiger partial charge is 0.232 e. The molecule has 1 fully saturated rings. The van der Waals surface area contributed by atoms with Crippen LogP contribution >= 0.6 is 0 Å². The van der Waals surface area contributed by atoms with Gasteiger partial charge in [-0.05, 0) is 43.5 Å². The maximum atomic E-state index is 13.5. The summed E-state index contributed by atoms with van der Waals surface area (Å²) in [6.07, 6.45) is 0.824. The summed E-state index contributed by atoms with van der Waals surface area (Å²) in [6, 6.07) is 4.80. The summed E-state index contributed by atoms with van der Waals surface area (Å²) in [5.74, 6) is -0.0607. The van der Waals surface area contributed by atoms with Gasteiger partial charge in [0.25, 0.3) is 0 Å². The maximum Gasteiger partial charge on any atom is 0.232 e. The fourth-order valence-corrected chi connectivity index (χ4v) is 2.59. The van der Waals surface area contributed by atoms with Crippen molar-refractivity contribution in [1.82, 2.24) is 5.32 Å². The quantitative estimate of drug-likeness (QED) is 0.881. The van der Waals surface area contributed by atoms with Gasteiger partial charge in [-0.15, -0.1) is 0 Å². The minimum atomic E-state index is -0.388. The molecular weight excluding hydrogens is 243 g/mol. The van der Waals surface area contributed by atoms with E-state index < -0.39 is 0 Å². The highest BCUT2D eigenvalue weighted by molar-refractivity contribution is 5.96. The predicted molar refractivity (Wildman–Crippen MR) is 74.5 cm³/mol. The molecule has 3 nitrogen and oxygen atoms in total. The lowest BCUT2D eigenvalue weighted by Crippen LogP contribution is -2.42. The van der Waals surface area contributed by atoms with Crippen molar-refractivity contribution in [3.05, 3.63) is 29.6 Å². The second-order valence-electron chi connectivity index (χ2n) is 5.66. The molecule has 2 rings (SSSR count). The van der Waals surface area contributed by atoms with E-state index in [0.717, 1.165) is 13.0 Å². The average Bonchev–Trinajstić information content (AvgIpc) is 2.84.